The molecule has 148 valence electrons. The van der Waals surface area contributed by atoms with Crippen LogP contribution >= 0.6 is 7.82 Å². The molecule has 0 saturated carbocycles. The normalized spacial score (nSPS) is 19.5. The van der Waals surface area contributed by atoms with Crippen LogP contribution in [-0.2, 0) is 13.8 Å². The van der Waals surface area contributed by atoms with Crippen LogP contribution in [0.15, 0.2) is 11.1 Å². The van der Waals surface area contributed by atoms with Crippen molar-refractivity contribution in [3.05, 3.63) is 16.7 Å². The molecule has 2 unspecified atom stereocenters. The molecule has 2 aromatic rings. The highest BCUT2D eigenvalue weighted by molar-refractivity contribution is 7.46. The summed E-state index contributed by atoms with van der Waals surface area (Å²) < 4.78 is 22.3. The van der Waals surface area contributed by atoms with Crippen molar-refractivity contribution < 1.29 is 23.6 Å². The van der Waals surface area contributed by atoms with E-state index >= 15 is 0 Å². The van der Waals surface area contributed by atoms with Crippen molar-refractivity contribution >= 4 is 24.9 Å². The van der Waals surface area contributed by atoms with Gasteiger partial charge < -0.3 is 20.3 Å². The number of imidazole rings is 1. The summed E-state index contributed by atoms with van der Waals surface area (Å²) in [6.07, 6.45) is 1.61. The molecule has 0 aromatic carbocycles. The number of nitrogen functional groups attached to an aromatic ring is 1. The molecule has 0 radical (unpaired) electrons. The standard InChI is InChI=1S/C10H14N5O6P.2C2H6/c11-10-13-8-7(9(16)14-10)12-4-15(8)6-2-1-5(21-6)3-20-22(17,18)19;2*1-2/h4-6H,1-3H2,(H2,17,18,19)(H3,11,13,14,16);2*1-2H3. The first-order chi connectivity index (χ1) is 12.3. The Kier molecular flexibility index (Phi) is 8.38. The van der Waals surface area contributed by atoms with Crippen LogP contribution in [0.5, 0.6) is 0 Å². The molecule has 0 aliphatic carbocycles. The third kappa shape index (κ3) is 5.61. The minimum atomic E-state index is -4.52. The van der Waals surface area contributed by atoms with Gasteiger partial charge in [-0.05, 0) is 12.8 Å². The van der Waals surface area contributed by atoms with Crippen LogP contribution in [0.3, 0.4) is 0 Å². The Morgan fingerprint density at radius 1 is 1.38 bits per heavy atom. The Labute approximate surface area is 150 Å². The lowest BCUT2D eigenvalue weighted by Crippen LogP contribution is -2.17. The highest BCUT2D eigenvalue weighted by Gasteiger charge is 2.30. The fraction of sp³-hybridized carbons (Fsp3) is 0.643. The number of anilines is 1. The number of phosphoric acid groups is 1. The van der Waals surface area contributed by atoms with E-state index in [1.54, 1.807) is 4.57 Å². The highest BCUT2D eigenvalue weighted by atomic mass is 31.2. The lowest BCUT2D eigenvalue weighted by molar-refractivity contribution is -0.0205. The average molecular weight is 391 g/mol. The summed E-state index contributed by atoms with van der Waals surface area (Å²) in [6, 6.07) is 0. The number of phosphoric ester groups is 1. The molecular weight excluding hydrogens is 365 g/mol. The molecule has 2 atom stereocenters. The third-order valence-corrected chi connectivity index (χ3v) is 3.76. The maximum atomic E-state index is 11.7. The molecule has 1 saturated heterocycles. The molecule has 1 aliphatic heterocycles. The van der Waals surface area contributed by atoms with Gasteiger partial charge in [-0.25, -0.2) is 9.55 Å². The largest absolute Gasteiger partial charge is 0.469 e. The van der Waals surface area contributed by atoms with Gasteiger partial charge in [-0.15, -0.1) is 0 Å². The fourth-order valence-corrected chi connectivity index (χ4v) is 2.71. The van der Waals surface area contributed by atoms with Gasteiger partial charge in [0.05, 0.1) is 19.0 Å². The first kappa shape index (κ1) is 22.3. The van der Waals surface area contributed by atoms with Gasteiger partial charge in [0, 0.05) is 0 Å². The van der Waals surface area contributed by atoms with Gasteiger partial charge in [-0.2, -0.15) is 4.98 Å². The van der Waals surface area contributed by atoms with Crippen LogP contribution in [0, 0.1) is 0 Å². The van der Waals surface area contributed by atoms with Crippen LogP contribution < -0.4 is 11.3 Å². The molecular formula is C14H26N5O6P. The lowest BCUT2D eigenvalue weighted by atomic mass is 10.2. The fourth-order valence-electron chi connectivity index (χ4n) is 2.35. The van der Waals surface area contributed by atoms with E-state index in [2.05, 4.69) is 19.5 Å². The second-order valence-electron chi connectivity index (χ2n) is 4.85. The van der Waals surface area contributed by atoms with Crippen LogP contribution in [-0.4, -0.2) is 42.0 Å². The number of hydrogen-bond donors (Lipinski definition) is 4. The van der Waals surface area contributed by atoms with Gasteiger partial charge in [0.1, 0.15) is 6.23 Å². The van der Waals surface area contributed by atoms with Crippen molar-refractivity contribution in [2.75, 3.05) is 12.3 Å². The Morgan fingerprint density at radius 3 is 2.65 bits per heavy atom. The molecule has 0 amide bonds. The summed E-state index contributed by atoms with van der Waals surface area (Å²) in [7, 11) is -4.52. The zero-order valence-corrected chi connectivity index (χ0v) is 16.1. The number of rotatable bonds is 4. The van der Waals surface area contributed by atoms with Crippen molar-refractivity contribution in [2.24, 2.45) is 0 Å². The minimum absolute atomic E-state index is 0.0290. The van der Waals surface area contributed by atoms with Gasteiger partial charge in [-0.1, -0.05) is 27.7 Å². The van der Waals surface area contributed by atoms with E-state index in [0.717, 1.165) is 0 Å². The van der Waals surface area contributed by atoms with Gasteiger partial charge in [0.25, 0.3) is 5.56 Å². The van der Waals surface area contributed by atoms with Crippen LogP contribution in [0.4, 0.5) is 5.95 Å². The van der Waals surface area contributed by atoms with Crippen molar-refractivity contribution in [3.8, 4) is 0 Å². The molecule has 0 bridgehead atoms. The van der Waals surface area contributed by atoms with E-state index < -0.39 is 25.7 Å². The Bertz CT molecular complexity index is 801. The predicted octanol–water partition coefficient (Wildman–Crippen LogP) is 1.54. The van der Waals surface area contributed by atoms with E-state index in [1.807, 2.05) is 27.7 Å². The maximum Gasteiger partial charge on any atom is 0.469 e. The Balaban J connectivity index is 0.000000791. The summed E-state index contributed by atoms with van der Waals surface area (Å²) in [5.41, 5.74) is 5.52. The van der Waals surface area contributed by atoms with Gasteiger partial charge >= 0.3 is 7.82 Å². The van der Waals surface area contributed by atoms with Crippen molar-refractivity contribution in [2.45, 2.75) is 52.9 Å². The molecule has 11 nitrogen and oxygen atoms in total. The van der Waals surface area contributed by atoms with Crippen molar-refractivity contribution in [3.63, 3.8) is 0 Å². The molecule has 3 rings (SSSR count). The van der Waals surface area contributed by atoms with Gasteiger partial charge in [-0.3, -0.25) is 18.9 Å². The first-order valence-electron chi connectivity index (χ1n) is 8.41. The van der Waals surface area contributed by atoms with E-state index in [0.29, 0.717) is 18.5 Å². The number of aromatic nitrogens is 4. The number of nitrogens with zero attached hydrogens (tertiary/aromatic N) is 3. The number of ether oxygens (including phenoxy) is 1. The number of hydrogen-bond acceptors (Lipinski definition) is 7. The first-order valence-corrected chi connectivity index (χ1v) is 9.94. The van der Waals surface area contributed by atoms with Gasteiger partial charge in [0.15, 0.2) is 11.2 Å². The summed E-state index contributed by atoms with van der Waals surface area (Å²) in [5, 5.41) is 0. The van der Waals surface area contributed by atoms with Crippen LogP contribution in [0.2, 0.25) is 0 Å². The molecule has 2 aromatic heterocycles. The summed E-state index contributed by atoms with van der Waals surface area (Å²) >= 11 is 0. The zero-order valence-electron chi connectivity index (χ0n) is 15.2. The zero-order chi connectivity index (χ0) is 19.9. The second-order valence-corrected chi connectivity index (χ2v) is 6.09. The quantitative estimate of drug-likeness (QED) is 0.565. The number of H-pyrrole nitrogens is 1. The molecule has 5 N–H and O–H groups in total. The Hall–Kier alpha value is -1.78. The number of fused-ring (bicyclic) bond motifs is 1. The monoisotopic (exact) mass is 391 g/mol. The van der Waals surface area contributed by atoms with E-state index in [4.69, 9.17) is 20.3 Å². The van der Waals surface area contributed by atoms with Crippen molar-refractivity contribution in [1.29, 1.82) is 0 Å². The maximum absolute atomic E-state index is 11.7. The van der Waals surface area contributed by atoms with E-state index in [1.165, 1.54) is 6.33 Å². The van der Waals surface area contributed by atoms with Crippen LogP contribution in [0.25, 0.3) is 11.2 Å². The smallest absolute Gasteiger partial charge is 0.369 e. The van der Waals surface area contributed by atoms with Gasteiger partial charge in [0.2, 0.25) is 5.95 Å². The topological polar surface area (TPSA) is 166 Å². The highest BCUT2D eigenvalue weighted by Crippen LogP contribution is 2.38. The summed E-state index contributed by atoms with van der Waals surface area (Å²) in [5.74, 6) is -0.0290. The molecule has 26 heavy (non-hydrogen) atoms. The van der Waals surface area contributed by atoms with Crippen molar-refractivity contribution in [1.82, 2.24) is 19.5 Å². The lowest BCUT2D eigenvalue weighted by Gasteiger charge is -2.15. The van der Waals surface area contributed by atoms with E-state index in [-0.39, 0.29) is 18.1 Å². The van der Waals surface area contributed by atoms with E-state index in [9.17, 15) is 9.36 Å². The Morgan fingerprint density at radius 2 is 2.04 bits per heavy atom. The predicted molar refractivity (Wildman–Crippen MR) is 96.4 cm³/mol. The number of nitrogens with one attached hydrogen (secondary N) is 1. The molecule has 12 heteroatoms. The molecule has 1 aliphatic rings. The average Bonchev–Trinajstić information content (AvgIpc) is 3.22. The second kappa shape index (κ2) is 9.79. The van der Waals surface area contributed by atoms with Crippen LogP contribution in [0.1, 0.15) is 46.8 Å². The number of aromatic amines is 1. The molecule has 3 heterocycles. The molecule has 0 spiro atoms. The minimum Gasteiger partial charge on any atom is -0.369 e. The summed E-state index contributed by atoms with van der Waals surface area (Å²) in [4.78, 5) is 39.4. The third-order valence-electron chi connectivity index (χ3n) is 3.27. The SMILES string of the molecule is CC.CC.Nc1nc2c(ncn2C2CCC(COP(=O)(O)O)O2)c(=O)[nH]1. The number of nitrogens with two attached hydrogens (primary N) is 1. The molecule has 1 fully saturated rings. The summed E-state index contributed by atoms with van der Waals surface area (Å²) in [6.45, 7) is 7.78.